The van der Waals surface area contributed by atoms with Crippen LogP contribution in [0.4, 0.5) is 20.2 Å². The third-order valence-electron chi connectivity index (χ3n) is 3.02. The van der Waals surface area contributed by atoms with Gasteiger partial charge in [0, 0.05) is 6.54 Å². The van der Waals surface area contributed by atoms with Gasteiger partial charge in [-0.2, -0.15) is 0 Å². The van der Waals surface area contributed by atoms with Gasteiger partial charge in [-0.15, -0.1) is 0 Å². The molecule has 0 heterocycles. The van der Waals surface area contributed by atoms with Gasteiger partial charge in [0.05, 0.1) is 23.2 Å². The molecule has 0 unspecified atom stereocenters. The molecule has 0 aromatic heterocycles. The number of rotatable bonds is 4. The zero-order chi connectivity index (χ0) is 13.3. The number of nitrogens with one attached hydrogen (secondary N) is 1. The summed E-state index contributed by atoms with van der Waals surface area (Å²) in [6.07, 6.45) is 0.871. The Bertz CT molecular complexity index is 452. The van der Waals surface area contributed by atoms with Crippen LogP contribution in [0.15, 0.2) is 12.1 Å². The van der Waals surface area contributed by atoms with Crippen LogP contribution in [0.2, 0.25) is 0 Å². The first-order chi connectivity index (χ1) is 8.47. The van der Waals surface area contributed by atoms with Gasteiger partial charge in [0.1, 0.15) is 5.69 Å². The van der Waals surface area contributed by atoms with Crippen molar-refractivity contribution in [3.05, 3.63) is 33.9 Å². The number of nitro benzene ring substituents is 1. The molecule has 1 aromatic rings. The Labute approximate surface area is 102 Å². The van der Waals surface area contributed by atoms with Crippen LogP contribution in [0.25, 0.3) is 0 Å². The topological polar surface area (TPSA) is 75.4 Å². The number of non-ortho nitro benzene ring substituents is 1. The molecule has 0 saturated heterocycles. The number of benzene rings is 1. The molecule has 0 amide bonds. The fourth-order valence-electron chi connectivity index (χ4n) is 1.95. The fraction of sp³-hybridized carbons (Fsp3) is 0.455. The van der Waals surface area contributed by atoms with Crippen LogP contribution in [0.1, 0.15) is 12.8 Å². The lowest BCUT2D eigenvalue weighted by atomic mass is 9.82. The lowest BCUT2D eigenvalue weighted by Crippen LogP contribution is -2.33. The summed E-state index contributed by atoms with van der Waals surface area (Å²) in [6.45, 7) is 0.336. The Kier molecular flexibility index (Phi) is 3.42. The first kappa shape index (κ1) is 12.7. The monoisotopic (exact) mass is 258 g/mol. The number of anilines is 1. The molecular weight excluding hydrogens is 246 g/mol. The van der Waals surface area contributed by atoms with Crippen LogP contribution in [0.5, 0.6) is 0 Å². The Morgan fingerprint density at radius 3 is 2.39 bits per heavy atom. The number of aliphatic hydroxyl groups is 1. The Morgan fingerprint density at radius 2 is 1.94 bits per heavy atom. The van der Waals surface area contributed by atoms with Gasteiger partial charge in [-0.05, 0) is 18.8 Å². The van der Waals surface area contributed by atoms with E-state index < -0.39 is 22.2 Å². The van der Waals surface area contributed by atoms with E-state index in [4.69, 9.17) is 5.11 Å². The molecule has 2 N–H and O–H groups in total. The molecule has 5 nitrogen and oxygen atoms in total. The summed E-state index contributed by atoms with van der Waals surface area (Å²) >= 11 is 0. The predicted molar refractivity (Wildman–Crippen MR) is 60.2 cm³/mol. The molecule has 0 radical (unpaired) electrons. The number of nitro groups is 1. The minimum Gasteiger partial charge on any atom is -0.393 e. The number of hydrogen-bond donors (Lipinski definition) is 2. The van der Waals surface area contributed by atoms with Gasteiger partial charge in [0.2, 0.25) is 0 Å². The quantitative estimate of drug-likeness (QED) is 0.640. The third-order valence-corrected chi connectivity index (χ3v) is 3.02. The van der Waals surface area contributed by atoms with Gasteiger partial charge in [-0.3, -0.25) is 10.1 Å². The third kappa shape index (κ3) is 2.56. The molecule has 0 spiro atoms. The summed E-state index contributed by atoms with van der Waals surface area (Å²) < 4.78 is 26.9. The van der Waals surface area contributed by atoms with E-state index in [1.165, 1.54) is 0 Å². The van der Waals surface area contributed by atoms with E-state index in [0.717, 1.165) is 0 Å². The highest BCUT2D eigenvalue weighted by atomic mass is 19.1. The molecule has 0 aliphatic heterocycles. The molecule has 1 aromatic carbocycles. The van der Waals surface area contributed by atoms with Gasteiger partial charge in [-0.25, -0.2) is 8.78 Å². The van der Waals surface area contributed by atoms with E-state index in [0.29, 0.717) is 31.5 Å². The van der Waals surface area contributed by atoms with E-state index in [2.05, 4.69) is 5.32 Å². The van der Waals surface area contributed by atoms with Crippen molar-refractivity contribution < 1.29 is 18.8 Å². The Morgan fingerprint density at radius 1 is 1.39 bits per heavy atom. The Hall–Kier alpha value is -1.76. The number of aliphatic hydroxyl groups excluding tert-OH is 1. The van der Waals surface area contributed by atoms with Crippen molar-refractivity contribution in [1.82, 2.24) is 0 Å². The van der Waals surface area contributed by atoms with Gasteiger partial charge < -0.3 is 10.4 Å². The summed E-state index contributed by atoms with van der Waals surface area (Å²) in [4.78, 5) is 9.55. The van der Waals surface area contributed by atoms with Crippen molar-refractivity contribution in [3.8, 4) is 0 Å². The second-order valence-electron chi connectivity index (χ2n) is 4.41. The van der Waals surface area contributed by atoms with Crippen molar-refractivity contribution in [2.75, 3.05) is 11.9 Å². The molecule has 7 heteroatoms. The lowest BCUT2D eigenvalue weighted by Gasteiger charge is -2.31. The first-order valence-electron chi connectivity index (χ1n) is 5.52. The van der Waals surface area contributed by atoms with Crippen molar-refractivity contribution in [2.45, 2.75) is 18.9 Å². The molecule has 1 saturated carbocycles. The molecule has 1 aliphatic carbocycles. The predicted octanol–water partition coefficient (Wildman–Crippen LogP) is 2.06. The van der Waals surface area contributed by atoms with E-state index in [1.54, 1.807) is 0 Å². The van der Waals surface area contributed by atoms with Crippen LogP contribution in [-0.4, -0.2) is 22.7 Å². The molecule has 1 aliphatic rings. The van der Waals surface area contributed by atoms with E-state index in [-0.39, 0.29) is 17.7 Å². The van der Waals surface area contributed by atoms with E-state index >= 15 is 0 Å². The molecule has 98 valence electrons. The summed E-state index contributed by atoms with van der Waals surface area (Å²) in [5.74, 6) is -1.79. The van der Waals surface area contributed by atoms with Crippen molar-refractivity contribution in [3.63, 3.8) is 0 Å². The Balaban J connectivity index is 2.06. The van der Waals surface area contributed by atoms with Crippen LogP contribution >= 0.6 is 0 Å². The molecule has 1 fully saturated rings. The maximum Gasteiger partial charge on any atom is 0.275 e. The second-order valence-corrected chi connectivity index (χ2v) is 4.41. The van der Waals surface area contributed by atoms with Crippen LogP contribution < -0.4 is 5.32 Å². The average molecular weight is 258 g/mol. The maximum absolute atomic E-state index is 13.5. The molecular formula is C11H12F2N2O3. The fourth-order valence-corrected chi connectivity index (χ4v) is 1.95. The van der Waals surface area contributed by atoms with Crippen molar-refractivity contribution in [1.29, 1.82) is 0 Å². The van der Waals surface area contributed by atoms with Crippen LogP contribution in [0, 0.1) is 27.7 Å². The van der Waals surface area contributed by atoms with E-state index in [1.807, 2.05) is 0 Å². The lowest BCUT2D eigenvalue weighted by molar-refractivity contribution is -0.385. The molecule has 2 rings (SSSR count). The number of halogens is 2. The highest BCUT2D eigenvalue weighted by Gasteiger charge is 2.27. The minimum absolute atomic E-state index is 0.175. The van der Waals surface area contributed by atoms with Crippen molar-refractivity contribution in [2.24, 2.45) is 5.92 Å². The molecule has 0 bridgehead atoms. The van der Waals surface area contributed by atoms with Gasteiger partial charge in [0.25, 0.3) is 5.69 Å². The average Bonchev–Trinajstić information content (AvgIpc) is 2.24. The normalized spacial score (nSPS) is 22.4. The van der Waals surface area contributed by atoms with Crippen LogP contribution in [-0.2, 0) is 0 Å². The molecule has 18 heavy (non-hydrogen) atoms. The zero-order valence-electron chi connectivity index (χ0n) is 9.40. The number of hydrogen-bond acceptors (Lipinski definition) is 4. The van der Waals surface area contributed by atoms with Gasteiger partial charge >= 0.3 is 0 Å². The largest absolute Gasteiger partial charge is 0.393 e. The zero-order valence-corrected chi connectivity index (χ0v) is 9.40. The van der Waals surface area contributed by atoms with E-state index in [9.17, 15) is 18.9 Å². The minimum atomic E-state index is -0.985. The second kappa shape index (κ2) is 4.85. The summed E-state index contributed by atoms with van der Waals surface area (Å²) in [7, 11) is 0. The number of nitrogens with zero attached hydrogens (tertiary/aromatic N) is 1. The smallest absolute Gasteiger partial charge is 0.275 e. The highest BCUT2D eigenvalue weighted by Crippen LogP contribution is 2.29. The summed E-state index contributed by atoms with van der Waals surface area (Å²) in [6, 6.07) is 1.36. The molecule has 0 atom stereocenters. The van der Waals surface area contributed by atoms with Gasteiger partial charge in [0.15, 0.2) is 11.6 Å². The SMILES string of the molecule is O=[N+]([O-])c1cc(F)c(NCC2CC(O)C2)c(F)c1. The summed E-state index contributed by atoms with van der Waals surface area (Å²) in [5.41, 5.74) is -0.975. The first-order valence-corrected chi connectivity index (χ1v) is 5.52. The highest BCUT2D eigenvalue weighted by molar-refractivity contribution is 5.51. The van der Waals surface area contributed by atoms with Crippen molar-refractivity contribution >= 4 is 11.4 Å². The summed E-state index contributed by atoms with van der Waals surface area (Å²) in [5, 5.41) is 22.1. The van der Waals surface area contributed by atoms with Gasteiger partial charge in [-0.1, -0.05) is 0 Å². The van der Waals surface area contributed by atoms with Crippen LogP contribution in [0.3, 0.4) is 0 Å². The maximum atomic E-state index is 13.5. The standard InChI is InChI=1S/C11H12F2N2O3/c12-9-3-7(15(17)18)4-10(13)11(9)14-5-6-1-8(16)2-6/h3-4,6,8,14,16H,1-2,5H2.